The number of anilines is 1. The molecule has 0 saturated heterocycles. The molecular formula is C18H20N2O3S. The van der Waals surface area contributed by atoms with E-state index in [0.29, 0.717) is 18.7 Å². The quantitative estimate of drug-likeness (QED) is 0.847. The van der Waals surface area contributed by atoms with Crippen molar-refractivity contribution in [3.8, 4) is 5.75 Å². The van der Waals surface area contributed by atoms with Crippen LogP contribution in [0.2, 0.25) is 0 Å². The fourth-order valence-corrected chi connectivity index (χ4v) is 4.05. The molecule has 1 N–H and O–H groups in total. The van der Waals surface area contributed by atoms with Gasteiger partial charge in [-0.25, -0.2) is 0 Å². The predicted octanol–water partition coefficient (Wildman–Crippen LogP) is 3.15. The lowest BCUT2D eigenvalue weighted by Crippen LogP contribution is -2.51. The minimum Gasteiger partial charge on any atom is -0.492 e. The van der Waals surface area contributed by atoms with Gasteiger partial charge in [-0.1, -0.05) is 0 Å². The van der Waals surface area contributed by atoms with Gasteiger partial charge in [0.25, 0.3) is 5.91 Å². The van der Waals surface area contributed by atoms with Gasteiger partial charge in [0, 0.05) is 10.4 Å². The first kappa shape index (κ1) is 16.5. The molecule has 0 radical (unpaired) electrons. The number of aryl methyl sites for hydroxylation is 1. The molecule has 3 rings (SSSR count). The Labute approximate surface area is 145 Å². The first-order valence-corrected chi connectivity index (χ1v) is 8.68. The molecule has 0 saturated carbocycles. The van der Waals surface area contributed by atoms with Gasteiger partial charge in [0.15, 0.2) is 0 Å². The summed E-state index contributed by atoms with van der Waals surface area (Å²) in [4.78, 5) is 26.2. The molecule has 0 fully saturated rings. The highest BCUT2D eigenvalue weighted by molar-refractivity contribution is 7.16. The summed E-state index contributed by atoms with van der Waals surface area (Å²) < 4.78 is 5.77. The lowest BCUT2D eigenvalue weighted by molar-refractivity contribution is 0.0929. The standard InChI is InChI=1S/C18H20N2O3S/c1-11-12(2)24-18-16(11)17(22)19-13(3)20(18)8-9-23-15-6-4-14(10-21)5-7-15/h4-7,10,13H,8-9H2,1-3H3,(H,19,22). The van der Waals surface area contributed by atoms with E-state index in [1.165, 1.54) is 4.88 Å². The number of nitrogens with one attached hydrogen (secondary N) is 1. The molecule has 1 aliphatic heterocycles. The SMILES string of the molecule is Cc1sc2c(c1C)C(=O)NC(C)N2CCOc1ccc(C=O)cc1. The molecule has 2 aromatic rings. The van der Waals surface area contributed by atoms with Gasteiger partial charge < -0.3 is 15.0 Å². The zero-order valence-electron chi connectivity index (χ0n) is 14.0. The van der Waals surface area contributed by atoms with Crippen molar-refractivity contribution in [3.05, 3.63) is 45.8 Å². The zero-order chi connectivity index (χ0) is 17.3. The van der Waals surface area contributed by atoms with E-state index in [1.54, 1.807) is 35.6 Å². The maximum atomic E-state index is 12.2. The Bertz CT molecular complexity index is 767. The molecule has 1 aromatic carbocycles. The van der Waals surface area contributed by atoms with Gasteiger partial charge in [-0.05, 0) is 50.6 Å². The summed E-state index contributed by atoms with van der Waals surface area (Å²) in [6.07, 6.45) is 0.744. The fraction of sp³-hybridized carbons (Fsp3) is 0.333. The summed E-state index contributed by atoms with van der Waals surface area (Å²) in [6.45, 7) is 7.17. The van der Waals surface area contributed by atoms with E-state index in [1.807, 2.05) is 20.8 Å². The first-order chi connectivity index (χ1) is 11.5. The normalized spacial score (nSPS) is 16.5. The number of thiophene rings is 1. The van der Waals surface area contributed by atoms with Gasteiger partial charge in [0.05, 0.1) is 18.3 Å². The van der Waals surface area contributed by atoms with Crippen molar-refractivity contribution in [1.29, 1.82) is 0 Å². The topological polar surface area (TPSA) is 58.6 Å². The average molecular weight is 344 g/mol. The molecule has 0 aliphatic carbocycles. The van der Waals surface area contributed by atoms with Crippen molar-refractivity contribution in [3.63, 3.8) is 0 Å². The van der Waals surface area contributed by atoms with Crippen LogP contribution >= 0.6 is 11.3 Å². The summed E-state index contributed by atoms with van der Waals surface area (Å²) in [6, 6.07) is 7.04. The number of carbonyl (C=O) groups excluding carboxylic acids is 2. The zero-order valence-corrected chi connectivity index (χ0v) is 14.8. The monoisotopic (exact) mass is 344 g/mol. The molecular weight excluding hydrogens is 324 g/mol. The second-order valence-corrected chi connectivity index (χ2v) is 7.04. The predicted molar refractivity (Wildman–Crippen MR) is 95.4 cm³/mol. The molecule has 24 heavy (non-hydrogen) atoms. The maximum Gasteiger partial charge on any atom is 0.256 e. The average Bonchev–Trinajstić information content (AvgIpc) is 2.86. The molecule has 2 heterocycles. The van der Waals surface area contributed by atoms with E-state index in [-0.39, 0.29) is 12.1 Å². The highest BCUT2D eigenvalue weighted by Gasteiger charge is 2.32. The molecule has 1 amide bonds. The molecule has 126 valence electrons. The van der Waals surface area contributed by atoms with Crippen LogP contribution in [0.3, 0.4) is 0 Å². The van der Waals surface area contributed by atoms with Crippen LogP contribution in [0.1, 0.15) is 38.1 Å². The van der Waals surface area contributed by atoms with E-state index in [4.69, 9.17) is 4.74 Å². The van der Waals surface area contributed by atoms with Crippen LogP contribution in [0, 0.1) is 13.8 Å². The molecule has 0 bridgehead atoms. The van der Waals surface area contributed by atoms with Crippen LogP contribution in [-0.4, -0.2) is 31.5 Å². The van der Waals surface area contributed by atoms with E-state index >= 15 is 0 Å². The summed E-state index contributed by atoms with van der Waals surface area (Å²) in [5.41, 5.74) is 2.46. The van der Waals surface area contributed by atoms with Crippen molar-refractivity contribution in [2.24, 2.45) is 0 Å². The Morgan fingerprint density at radius 1 is 1.29 bits per heavy atom. The van der Waals surface area contributed by atoms with Crippen molar-refractivity contribution >= 4 is 28.5 Å². The highest BCUT2D eigenvalue weighted by atomic mass is 32.1. The first-order valence-electron chi connectivity index (χ1n) is 7.86. The van der Waals surface area contributed by atoms with Gasteiger partial charge >= 0.3 is 0 Å². The third-order valence-corrected chi connectivity index (χ3v) is 5.52. The van der Waals surface area contributed by atoms with Gasteiger partial charge in [-0.15, -0.1) is 11.3 Å². The molecule has 1 atom stereocenters. The van der Waals surface area contributed by atoms with Crippen LogP contribution in [0.4, 0.5) is 5.00 Å². The van der Waals surface area contributed by atoms with Crippen LogP contribution in [0.5, 0.6) is 5.75 Å². The Morgan fingerprint density at radius 2 is 2.00 bits per heavy atom. The lowest BCUT2D eigenvalue weighted by Gasteiger charge is -2.35. The summed E-state index contributed by atoms with van der Waals surface area (Å²) in [7, 11) is 0. The number of amides is 1. The second kappa shape index (κ2) is 6.65. The van der Waals surface area contributed by atoms with Crippen LogP contribution in [0.15, 0.2) is 24.3 Å². The van der Waals surface area contributed by atoms with Crippen LogP contribution in [0.25, 0.3) is 0 Å². The van der Waals surface area contributed by atoms with E-state index in [2.05, 4.69) is 10.2 Å². The third-order valence-electron chi connectivity index (χ3n) is 4.28. The van der Waals surface area contributed by atoms with E-state index in [0.717, 1.165) is 28.2 Å². The van der Waals surface area contributed by atoms with Gasteiger partial charge in [0.2, 0.25) is 0 Å². The second-order valence-electron chi connectivity index (χ2n) is 5.84. The van der Waals surface area contributed by atoms with Gasteiger partial charge in [-0.2, -0.15) is 0 Å². The van der Waals surface area contributed by atoms with Crippen molar-refractivity contribution in [1.82, 2.24) is 5.32 Å². The smallest absolute Gasteiger partial charge is 0.256 e. The van der Waals surface area contributed by atoms with Gasteiger partial charge in [-0.3, -0.25) is 9.59 Å². The van der Waals surface area contributed by atoms with E-state index in [9.17, 15) is 9.59 Å². The Hall–Kier alpha value is -2.34. The Balaban J connectivity index is 1.70. The Morgan fingerprint density at radius 3 is 2.67 bits per heavy atom. The highest BCUT2D eigenvalue weighted by Crippen LogP contribution is 2.38. The number of rotatable bonds is 5. The summed E-state index contributed by atoms with van der Waals surface area (Å²) >= 11 is 1.65. The lowest BCUT2D eigenvalue weighted by atomic mass is 10.1. The number of hydrogen-bond acceptors (Lipinski definition) is 5. The van der Waals surface area contributed by atoms with E-state index < -0.39 is 0 Å². The minimum absolute atomic E-state index is 0.000898. The van der Waals surface area contributed by atoms with Crippen molar-refractivity contribution in [2.75, 3.05) is 18.1 Å². The minimum atomic E-state index is -0.0662. The van der Waals surface area contributed by atoms with Crippen LogP contribution in [-0.2, 0) is 0 Å². The fourth-order valence-electron chi connectivity index (χ4n) is 2.79. The number of fused-ring (bicyclic) bond motifs is 1. The number of carbonyl (C=O) groups is 2. The molecule has 6 heteroatoms. The largest absolute Gasteiger partial charge is 0.492 e. The van der Waals surface area contributed by atoms with Crippen LogP contribution < -0.4 is 15.0 Å². The maximum absolute atomic E-state index is 12.2. The number of hydrogen-bond donors (Lipinski definition) is 1. The number of ether oxygens (including phenoxy) is 1. The molecule has 1 aromatic heterocycles. The number of benzene rings is 1. The van der Waals surface area contributed by atoms with Gasteiger partial charge in [0.1, 0.15) is 23.6 Å². The molecule has 0 spiro atoms. The summed E-state index contributed by atoms with van der Waals surface area (Å²) in [5, 5.41) is 4.02. The molecule has 1 unspecified atom stereocenters. The number of aldehydes is 1. The Kier molecular flexibility index (Phi) is 4.57. The third kappa shape index (κ3) is 3.01. The van der Waals surface area contributed by atoms with Crippen molar-refractivity contribution in [2.45, 2.75) is 26.9 Å². The number of nitrogens with zero attached hydrogens (tertiary/aromatic N) is 1. The molecule has 5 nitrogen and oxygen atoms in total. The summed E-state index contributed by atoms with van der Waals surface area (Å²) in [5.74, 6) is 0.731. The molecule has 1 aliphatic rings. The van der Waals surface area contributed by atoms with Crippen molar-refractivity contribution < 1.29 is 14.3 Å².